The number of hydrogen-bond acceptors (Lipinski definition) is 4. The fourth-order valence-corrected chi connectivity index (χ4v) is 16.7. The molecule has 0 radical (unpaired) electrons. The van der Waals surface area contributed by atoms with Crippen molar-refractivity contribution in [3.8, 4) is 0 Å². The molecule has 5 heteroatoms. The minimum absolute atomic E-state index is 0.417. The van der Waals surface area contributed by atoms with Crippen molar-refractivity contribution >= 4 is 18.1 Å². The molecule has 6 saturated carbocycles. The summed E-state index contributed by atoms with van der Waals surface area (Å²) in [5.41, 5.74) is 6.77. The Bertz CT molecular complexity index is 1570. The maximum Gasteiger partial charge on any atom is 0.198 e. The zero-order chi connectivity index (χ0) is 35.9. The van der Waals surface area contributed by atoms with E-state index >= 15 is 0 Å². The number of rotatable bonds is 4. The van der Waals surface area contributed by atoms with Gasteiger partial charge in [-0.3, -0.25) is 0 Å². The van der Waals surface area contributed by atoms with E-state index in [1.165, 1.54) is 115 Å². The molecule has 6 aliphatic carbocycles. The maximum atomic E-state index is 7.64. The fourth-order valence-electron chi connectivity index (χ4n) is 16.7. The van der Waals surface area contributed by atoms with Crippen molar-refractivity contribution in [2.45, 2.75) is 223 Å². The quantitative estimate of drug-likeness (QED) is 0.290. The molecule has 0 amide bonds. The highest BCUT2D eigenvalue weighted by atomic mass is 16.5. The number of hydrogen-bond donors (Lipinski definition) is 0. The lowest BCUT2D eigenvalue weighted by molar-refractivity contribution is -0.0829. The van der Waals surface area contributed by atoms with Crippen molar-refractivity contribution in [2.24, 2.45) is 40.5 Å². The summed E-state index contributed by atoms with van der Waals surface area (Å²) in [5.74, 6) is 9.58. The number of guanidine groups is 1. The van der Waals surface area contributed by atoms with Crippen LogP contribution in [0.15, 0.2) is 17.1 Å². The van der Waals surface area contributed by atoms with Gasteiger partial charge in [-0.15, -0.1) is 0 Å². The van der Waals surface area contributed by atoms with E-state index in [1.54, 1.807) is 16.7 Å². The van der Waals surface area contributed by atoms with E-state index in [4.69, 9.17) is 9.73 Å². The Labute approximate surface area is 323 Å². The van der Waals surface area contributed by atoms with Gasteiger partial charge in [0, 0.05) is 24.0 Å². The third-order valence-electron chi connectivity index (χ3n) is 18.6. The van der Waals surface area contributed by atoms with Gasteiger partial charge in [-0.1, -0.05) is 122 Å². The molecule has 1 aromatic carbocycles. The fraction of sp³-hybridized carbons (Fsp3) is 0.854. The monoisotopic (exact) mass is 718 g/mol. The van der Waals surface area contributed by atoms with Crippen molar-refractivity contribution in [3.05, 3.63) is 28.8 Å². The van der Waals surface area contributed by atoms with Gasteiger partial charge in [0.15, 0.2) is 12.7 Å². The Morgan fingerprint density at radius 3 is 2.09 bits per heavy atom. The lowest BCUT2D eigenvalue weighted by atomic mass is 9.21. The van der Waals surface area contributed by atoms with Crippen LogP contribution in [0.3, 0.4) is 0 Å². The predicted molar refractivity (Wildman–Crippen MR) is 220 cm³/mol. The zero-order valence-electron chi connectivity index (χ0n) is 34.4. The molecule has 0 aromatic heterocycles. The van der Waals surface area contributed by atoms with Crippen LogP contribution in [0.1, 0.15) is 185 Å². The minimum Gasteiger partial charge on any atom is -0.375 e. The first-order valence-electron chi connectivity index (χ1n) is 23.8. The van der Waals surface area contributed by atoms with Crippen molar-refractivity contribution in [1.82, 2.24) is 9.80 Å². The molecule has 3 saturated heterocycles. The van der Waals surface area contributed by atoms with E-state index in [9.17, 15) is 0 Å². The van der Waals surface area contributed by atoms with Crippen LogP contribution in [0.4, 0.5) is 0 Å². The third kappa shape index (κ3) is 5.05. The van der Waals surface area contributed by atoms with Crippen LogP contribution in [0, 0.1) is 35.5 Å². The van der Waals surface area contributed by atoms with Gasteiger partial charge in [0.1, 0.15) is 0 Å². The summed E-state index contributed by atoms with van der Waals surface area (Å²) in [6, 6.07) is 8.60. The van der Waals surface area contributed by atoms with E-state index in [2.05, 4.69) is 63.5 Å². The summed E-state index contributed by atoms with van der Waals surface area (Å²) >= 11 is 0. The largest absolute Gasteiger partial charge is 0.375 e. The van der Waals surface area contributed by atoms with E-state index in [0.29, 0.717) is 72.5 Å². The standard InChI is InChI=1S/C48H72BN3O/c1-26(2)31-24-35(27(3)4)43(36(25-31)28(5)6)49-37-21-18-30-13-11-16-39-42(30)46(37)52(40-23-20-34-33-15-9-10-17-41(33)53-47(34)44(40)49)48-50-38-22-19-29-12-7-8-14-32(29)45(38)51(39)48/h24-30,32-34,37-42,44-47H,7-23H2,1-6H3. The maximum absolute atomic E-state index is 7.64. The smallest absolute Gasteiger partial charge is 0.198 e. The van der Waals surface area contributed by atoms with Crippen LogP contribution in [0.2, 0.25) is 11.6 Å². The zero-order valence-corrected chi connectivity index (χ0v) is 34.4. The highest BCUT2D eigenvalue weighted by Gasteiger charge is 2.69. The number of aliphatic imine (C=N–C) groups is 1. The van der Waals surface area contributed by atoms with Crippen molar-refractivity contribution in [3.63, 3.8) is 0 Å². The molecule has 1 aromatic rings. The number of benzene rings is 1. The first kappa shape index (κ1) is 34.7. The molecule has 15 atom stereocenters. The summed E-state index contributed by atoms with van der Waals surface area (Å²) < 4.78 is 7.64. The summed E-state index contributed by atoms with van der Waals surface area (Å²) in [6.07, 6.45) is 25.1. The average molecular weight is 718 g/mol. The lowest BCUT2D eigenvalue weighted by Gasteiger charge is -2.69. The van der Waals surface area contributed by atoms with E-state index in [1.807, 2.05) is 5.46 Å². The van der Waals surface area contributed by atoms with Gasteiger partial charge < -0.3 is 14.5 Å². The second-order valence-corrected chi connectivity index (χ2v) is 21.7. The van der Waals surface area contributed by atoms with Gasteiger partial charge in [-0.05, 0) is 122 Å². The SMILES string of the molecule is CC(C)c1cc(C(C)C)c(B2C3CCC4CCCC5C4C3N(C3=NC4CCC6CCCCC6C4N35)C3CCC4C5CCCCC5OC4C23)c(C(C)C)c1. The van der Waals surface area contributed by atoms with E-state index in [0.717, 1.165) is 41.5 Å². The molecule has 53 heavy (non-hydrogen) atoms. The third-order valence-corrected chi connectivity index (χ3v) is 18.6. The van der Waals surface area contributed by atoms with Gasteiger partial charge in [0.25, 0.3) is 0 Å². The van der Waals surface area contributed by atoms with Gasteiger partial charge in [0.05, 0.1) is 24.3 Å². The van der Waals surface area contributed by atoms with Crippen molar-refractivity contribution < 1.29 is 4.74 Å². The summed E-state index contributed by atoms with van der Waals surface area (Å²) in [4.78, 5) is 12.4. The minimum atomic E-state index is 0.417. The van der Waals surface area contributed by atoms with E-state index < -0.39 is 0 Å². The Morgan fingerprint density at radius 1 is 0.623 bits per heavy atom. The summed E-state index contributed by atoms with van der Waals surface area (Å²) in [7, 11) is 0. The van der Waals surface area contributed by atoms with E-state index in [-0.39, 0.29) is 0 Å². The molecule has 9 fully saturated rings. The molecule has 4 heterocycles. The summed E-state index contributed by atoms with van der Waals surface area (Å²) in [5, 5.41) is 0. The molecule has 10 aliphatic rings. The van der Waals surface area contributed by atoms with Gasteiger partial charge >= 0.3 is 0 Å². The molecule has 0 bridgehead atoms. The van der Waals surface area contributed by atoms with Crippen LogP contribution >= 0.6 is 0 Å². The molecule has 11 rings (SSSR count). The Morgan fingerprint density at radius 2 is 1.32 bits per heavy atom. The summed E-state index contributed by atoms with van der Waals surface area (Å²) in [6.45, 7) is 15.5. The molecular weight excluding hydrogens is 645 g/mol. The molecule has 4 aliphatic heterocycles. The van der Waals surface area contributed by atoms with Crippen LogP contribution < -0.4 is 5.46 Å². The number of nitrogens with zero attached hydrogens (tertiary/aromatic N) is 3. The van der Waals surface area contributed by atoms with Crippen molar-refractivity contribution in [2.75, 3.05) is 0 Å². The topological polar surface area (TPSA) is 28.1 Å². The first-order valence-corrected chi connectivity index (χ1v) is 23.8. The van der Waals surface area contributed by atoms with Gasteiger partial charge in [0.2, 0.25) is 0 Å². The van der Waals surface area contributed by atoms with Crippen LogP contribution in [-0.4, -0.2) is 64.9 Å². The Hall–Kier alpha value is -1.49. The second kappa shape index (κ2) is 13.0. The van der Waals surface area contributed by atoms with Crippen LogP contribution in [0.5, 0.6) is 0 Å². The Balaban J connectivity index is 1.11. The average Bonchev–Trinajstić information content (AvgIpc) is 3.75. The molecule has 4 nitrogen and oxygen atoms in total. The molecule has 15 unspecified atom stereocenters. The lowest BCUT2D eigenvalue weighted by Crippen LogP contribution is -2.78. The Kier molecular flexibility index (Phi) is 8.54. The van der Waals surface area contributed by atoms with Gasteiger partial charge in [-0.2, -0.15) is 0 Å². The first-order chi connectivity index (χ1) is 25.8. The highest BCUT2D eigenvalue weighted by molar-refractivity contribution is 6.77. The number of fused-ring (bicyclic) bond motifs is 13. The predicted octanol–water partition coefficient (Wildman–Crippen LogP) is 10.5. The van der Waals surface area contributed by atoms with Gasteiger partial charge in [-0.25, -0.2) is 4.99 Å². The normalized spacial score (nSPS) is 45.3. The molecule has 288 valence electrons. The number of ether oxygens (including phenoxy) is 1. The molecular formula is C48H72BN3O. The molecule has 0 spiro atoms. The van der Waals surface area contributed by atoms with Crippen molar-refractivity contribution in [1.29, 1.82) is 0 Å². The van der Waals surface area contributed by atoms with Crippen LogP contribution in [-0.2, 0) is 4.74 Å². The molecule has 0 N–H and O–H groups in total. The second-order valence-electron chi connectivity index (χ2n) is 21.7. The van der Waals surface area contributed by atoms with Crippen LogP contribution in [0.25, 0.3) is 0 Å². The highest BCUT2D eigenvalue weighted by Crippen LogP contribution is 2.64.